The molecule has 2 amide bonds. The van der Waals surface area contributed by atoms with Crippen LogP contribution < -0.4 is 5.32 Å². The first-order valence-corrected chi connectivity index (χ1v) is 9.17. The number of carbonyl (C=O) groups is 2. The Morgan fingerprint density at radius 2 is 2.20 bits per heavy atom. The van der Waals surface area contributed by atoms with Crippen LogP contribution in [0.3, 0.4) is 0 Å². The molecule has 5 nitrogen and oxygen atoms in total. The Labute approximate surface area is 128 Å². The van der Waals surface area contributed by atoms with Gasteiger partial charge in [-0.1, -0.05) is 6.92 Å². The lowest BCUT2D eigenvalue weighted by Gasteiger charge is -2.27. The Morgan fingerprint density at radius 1 is 1.45 bits per heavy atom. The van der Waals surface area contributed by atoms with Gasteiger partial charge in [0.25, 0.3) is 0 Å². The number of nitrogens with one attached hydrogen (secondary N) is 1. The van der Waals surface area contributed by atoms with Crippen LogP contribution in [0, 0.1) is 0 Å². The second-order valence-electron chi connectivity index (χ2n) is 5.23. The van der Waals surface area contributed by atoms with Crippen LogP contribution in [0.4, 0.5) is 4.79 Å². The molecule has 0 aromatic heterocycles. The SMILES string of the molecule is CCSC1CCC(NC(=O)N2C(C)SCC2C(=O)O)C1. The lowest BCUT2D eigenvalue weighted by atomic mass is 10.2. The summed E-state index contributed by atoms with van der Waals surface area (Å²) in [5.74, 6) is 0.664. The molecule has 0 radical (unpaired) electrons. The number of urea groups is 1. The first-order valence-electron chi connectivity index (χ1n) is 7.07. The average molecular weight is 318 g/mol. The van der Waals surface area contributed by atoms with Crippen molar-refractivity contribution in [2.24, 2.45) is 0 Å². The first-order chi connectivity index (χ1) is 9.52. The molecule has 0 spiro atoms. The van der Waals surface area contributed by atoms with E-state index in [9.17, 15) is 14.7 Å². The van der Waals surface area contributed by atoms with E-state index in [1.165, 1.54) is 16.7 Å². The second kappa shape index (κ2) is 6.93. The zero-order chi connectivity index (χ0) is 14.7. The predicted octanol–water partition coefficient (Wildman–Crippen LogP) is 2.22. The topological polar surface area (TPSA) is 69.6 Å². The Bertz CT molecular complexity index is 381. The maximum absolute atomic E-state index is 12.3. The number of rotatable bonds is 4. The summed E-state index contributed by atoms with van der Waals surface area (Å²) < 4.78 is 0. The molecule has 2 N–H and O–H groups in total. The third kappa shape index (κ3) is 3.55. The van der Waals surface area contributed by atoms with Gasteiger partial charge in [0.15, 0.2) is 0 Å². The summed E-state index contributed by atoms with van der Waals surface area (Å²) in [5.41, 5.74) is 0. The van der Waals surface area contributed by atoms with E-state index in [0.717, 1.165) is 25.0 Å². The Balaban J connectivity index is 1.89. The lowest BCUT2D eigenvalue weighted by molar-refractivity contribution is -0.141. The van der Waals surface area contributed by atoms with E-state index < -0.39 is 12.0 Å². The number of aliphatic carboxylic acids is 1. The van der Waals surface area contributed by atoms with Crippen LogP contribution in [0.25, 0.3) is 0 Å². The van der Waals surface area contributed by atoms with Crippen molar-refractivity contribution in [3.63, 3.8) is 0 Å². The number of carboxylic acids is 1. The molecule has 4 unspecified atom stereocenters. The van der Waals surface area contributed by atoms with E-state index in [4.69, 9.17) is 0 Å². The molecule has 4 atom stereocenters. The largest absolute Gasteiger partial charge is 0.480 e. The third-order valence-corrected chi connectivity index (χ3v) is 6.31. The quantitative estimate of drug-likeness (QED) is 0.832. The molecule has 20 heavy (non-hydrogen) atoms. The van der Waals surface area contributed by atoms with Crippen LogP contribution in [0.5, 0.6) is 0 Å². The van der Waals surface area contributed by atoms with E-state index >= 15 is 0 Å². The maximum Gasteiger partial charge on any atom is 0.327 e. The van der Waals surface area contributed by atoms with Crippen molar-refractivity contribution < 1.29 is 14.7 Å². The zero-order valence-electron chi connectivity index (χ0n) is 11.9. The molecule has 114 valence electrons. The molecule has 2 fully saturated rings. The third-order valence-electron chi connectivity index (χ3n) is 3.86. The molecule has 0 aromatic rings. The summed E-state index contributed by atoms with van der Waals surface area (Å²) in [5, 5.41) is 12.8. The highest BCUT2D eigenvalue weighted by atomic mass is 32.2. The highest BCUT2D eigenvalue weighted by Crippen LogP contribution is 2.32. The molecule has 2 rings (SSSR count). The number of thioether (sulfide) groups is 2. The fourth-order valence-electron chi connectivity index (χ4n) is 2.85. The van der Waals surface area contributed by atoms with Gasteiger partial charge in [-0.3, -0.25) is 4.90 Å². The van der Waals surface area contributed by atoms with E-state index in [2.05, 4.69) is 12.2 Å². The monoisotopic (exact) mass is 318 g/mol. The molecule has 1 saturated carbocycles. The summed E-state index contributed by atoms with van der Waals surface area (Å²) in [6, 6.07) is -0.724. The van der Waals surface area contributed by atoms with Crippen LogP contribution >= 0.6 is 23.5 Å². The molecular formula is C13H22N2O3S2. The van der Waals surface area contributed by atoms with E-state index in [1.54, 1.807) is 0 Å². The number of carboxylic acid groups (broad SMARTS) is 1. The molecule has 1 aliphatic heterocycles. The Morgan fingerprint density at radius 3 is 2.85 bits per heavy atom. The average Bonchev–Trinajstić information content (AvgIpc) is 2.96. The molecule has 1 heterocycles. The molecule has 1 aliphatic carbocycles. The molecule has 1 saturated heterocycles. The van der Waals surface area contributed by atoms with E-state index in [0.29, 0.717) is 11.0 Å². The second-order valence-corrected chi connectivity index (χ2v) is 8.16. The van der Waals surface area contributed by atoms with Crippen LogP contribution in [-0.2, 0) is 4.79 Å². The van der Waals surface area contributed by atoms with Crippen molar-refractivity contribution in [1.82, 2.24) is 10.2 Å². The van der Waals surface area contributed by atoms with Gasteiger partial charge in [-0.15, -0.1) is 11.8 Å². The van der Waals surface area contributed by atoms with Crippen molar-refractivity contribution in [3.05, 3.63) is 0 Å². The van der Waals surface area contributed by atoms with Crippen molar-refractivity contribution >= 4 is 35.5 Å². The van der Waals surface area contributed by atoms with Gasteiger partial charge in [0.1, 0.15) is 6.04 Å². The van der Waals surface area contributed by atoms with E-state index in [1.807, 2.05) is 18.7 Å². The maximum atomic E-state index is 12.3. The van der Waals surface area contributed by atoms with Crippen molar-refractivity contribution in [2.45, 2.75) is 55.8 Å². The molecular weight excluding hydrogens is 296 g/mol. The van der Waals surface area contributed by atoms with Crippen LogP contribution in [-0.4, -0.2) is 56.2 Å². The zero-order valence-corrected chi connectivity index (χ0v) is 13.5. The van der Waals surface area contributed by atoms with Gasteiger partial charge < -0.3 is 10.4 Å². The van der Waals surface area contributed by atoms with Gasteiger partial charge >= 0.3 is 12.0 Å². The highest BCUT2D eigenvalue weighted by molar-refractivity contribution is 8.00. The number of amides is 2. The van der Waals surface area contributed by atoms with Gasteiger partial charge in [0, 0.05) is 17.0 Å². The number of nitrogens with zero attached hydrogens (tertiary/aromatic N) is 1. The number of hydrogen-bond donors (Lipinski definition) is 2. The summed E-state index contributed by atoms with van der Waals surface area (Å²) in [4.78, 5) is 25.0. The van der Waals surface area contributed by atoms with Gasteiger partial charge in [-0.05, 0) is 31.9 Å². The molecule has 7 heteroatoms. The van der Waals surface area contributed by atoms with Crippen LogP contribution in [0.2, 0.25) is 0 Å². The predicted molar refractivity (Wildman–Crippen MR) is 83.3 cm³/mol. The van der Waals surface area contributed by atoms with Gasteiger partial charge in [-0.25, -0.2) is 9.59 Å². The minimum Gasteiger partial charge on any atom is -0.480 e. The van der Waals surface area contributed by atoms with Gasteiger partial charge in [0.2, 0.25) is 0 Å². The fraction of sp³-hybridized carbons (Fsp3) is 0.846. The minimum absolute atomic E-state index is 0.0710. The summed E-state index contributed by atoms with van der Waals surface area (Å²) in [7, 11) is 0. The fourth-order valence-corrected chi connectivity index (χ4v) is 5.16. The summed E-state index contributed by atoms with van der Waals surface area (Å²) in [6.07, 6.45) is 3.13. The first kappa shape index (κ1) is 15.8. The molecule has 2 aliphatic rings. The molecule has 0 aromatic carbocycles. The van der Waals surface area contributed by atoms with Gasteiger partial charge in [0.05, 0.1) is 5.37 Å². The standard InChI is InChI=1S/C13H22N2O3S2/c1-3-19-10-5-4-9(6-10)14-13(18)15-8(2)20-7-11(15)12(16)17/h8-11H,3-7H2,1-2H3,(H,14,18)(H,16,17). The smallest absolute Gasteiger partial charge is 0.327 e. The molecule has 0 bridgehead atoms. The van der Waals surface area contributed by atoms with E-state index in [-0.39, 0.29) is 17.4 Å². The number of carbonyl (C=O) groups excluding carboxylic acids is 1. The van der Waals surface area contributed by atoms with Crippen molar-refractivity contribution in [2.75, 3.05) is 11.5 Å². The normalized spacial score (nSPS) is 33.4. The van der Waals surface area contributed by atoms with Crippen molar-refractivity contribution in [3.8, 4) is 0 Å². The van der Waals surface area contributed by atoms with Crippen molar-refractivity contribution in [1.29, 1.82) is 0 Å². The van der Waals surface area contributed by atoms with Gasteiger partial charge in [-0.2, -0.15) is 11.8 Å². The van der Waals surface area contributed by atoms with Crippen LogP contribution in [0.1, 0.15) is 33.1 Å². The minimum atomic E-state index is -0.914. The lowest BCUT2D eigenvalue weighted by Crippen LogP contribution is -2.51. The highest BCUT2D eigenvalue weighted by Gasteiger charge is 2.40. The summed E-state index contributed by atoms with van der Waals surface area (Å²) >= 11 is 3.46. The number of hydrogen-bond acceptors (Lipinski definition) is 4. The Hall–Kier alpha value is -0.560. The Kier molecular flexibility index (Phi) is 5.49. The summed E-state index contributed by atoms with van der Waals surface area (Å²) in [6.45, 7) is 4.04. The van der Waals surface area contributed by atoms with Crippen LogP contribution in [0.15, 0.2) is 0 Å².